The number of hydrogen-bond donors (Lipinski definition) is 1. The molecule has 1 N–H and O–H groups in total. The first kappa shape index (κ1) is 24.0. The number of nitrogens with one attached hydrogen (secondary N) is 1. The number of ether oxygens (including phenoxy) is 2. The van der Waals surface area contributed by atoms with Gasteiger partial charge in [0, 0.05) is 12.2 Å². The Kier molecular flexibility index (Phi) is 7.83. The molecule has 0 saturated heterocycles. The molecule has 0 saturated carbocycles. The highest BCUT2D eigenvalue weighted by molar-refractivity contribution is 7.88. The first-order valence-corrected chi connectivity index (χ1v) is 10.7. The maximum absolute atomic E-state index is 13.1. The van der Waals surface area contributed by atoms with Crippen molar-refractivity contribution in [1.29, 1.82) is 0 Å². The van der Waals surface area contributed by atoms with Gasteiger partial charge in [0.1, 0.15) is 5.82 Å². The van der Waals surface area contributed by atoms with E-state index in [1.54, 1.807) is 0 Å². The quantitative estimate of drug-likeness (QED) is 0.607. The van der Waals surface area contributed by atoms with Crippen molar-refractivity contribution in [2.75, 3.05) is 32.3 Å². The molecule has 0 spiro atoms. The Balaban J connectivity index is 2.24. The minimum absolute atomic E-state index is 0.00742. The molecule has 31 heavy (non-hydrogen) atoms. The van der Waals surface area contributed by atoms with Gasteiger partial charge in [-0.1, -0.05) is 12.1 Å². The number of anilines is 1. The van der Waals surface area contributed by atoms with E-state index >= 15 is 0 Å². The molecule has 2 aromatic rings. The molecule has 0 fully saturated rings. The number of esters is 2. The average molecular weight is 452 g/mol. The van der Waals surface area contributed by atoms with Crippen LogP contribution >= 0.6 is 0 Å². The number of benzene rings is 2. The van der Waals surface area contributed by atoms with Crippen LogP contribution < -0.4 is 5.32 Å². The zero-order valence-corrected chi connectivity index (χ0v) is 17.9. The van der Waals surface area contributed by atoms with Gasteiger partial charge in [0.15, 0.2) is 0 Å². The topological polar surface area (TPSA) is 119 Å². The molecule has 1 amide bonds. The van der Waals surface area contributed by atoms with Crippen LogP contribution in [-0.4, -0.2) is 57.6 Å². The molecular formula is C20H21FN2O7S. The number of nitrogens with zero attached hydrogens (tertiary/aromatic N) is 1. The lowest BCUT2D eigenvalue weighted by Gasteiger charge is -2.20. The van der Waals surface area contributed by atoms with Gasteiger partial charge < -0.3 is 14.8 Å². The number of halogens is 1. The number of carbonyl (C=O) groups is 3. The van der Waals surface area contributed by atoms with E-state index in [1.165, 1.54) is 42.5 Å². The van der Waals surface area contributed by atoms with Crippen LogP contribution in [-0.2, 0) is 30.8 Å². The van der Waals surface area contributed by atoms with Crippen LogP contribution in [0.15, 0.2) is 42.5 Å². The van der Waals surface area contributed by atoms with Crippen molar-refractivity contribution in [3.8, 4) is 0 Å². The number of sulfonamides is 1. The van der Waals surface area contributed by atoms with E-state index in [1.807, 2.05) is 0 Å². The highest BCUT2D eigenvalue weighted by Gasteiger charge is 2.22. The van der Waals surface area contributed by atoms with Gasteiger partial charge in [-0.3, -0.25) is 4.79 Å². The van der Waals surface area contributed by atoms with Crippen LogP contribution in [0.4, 0.5) is 10.1 Å². The summed E-state index contributed by atoms with van der Waals surface area (Å²) in [7, 11) is -1.47. The smallest absolute Gasteiger partial charge is 0.337 e. The molecular weight excluding hydrogens is 431 g/mol. The molecule has 0 heterocycles. The molecule has 0 radical (unpaired) electrons. The lowest BCUT2D eigenvalue weighted by atomic mass is 10.1. The molecule has 0 bridgehead atoms. The minimum atomic E-state index is -3.78. The van der Waals surface area contributed by atoms with Gasteiger partial charge in [-0.25, -0.2) is 22.4 Å². The Labute approximate surface area is 178 Å². The van der Waals surface area contributed by atoms with E-state index in [9.17, 15) is 27.2 Å². The van der Waals surface area contributed by atoms with Crippen molar-refractivity contribution < 1.29 is 36.7 Å². The summed E-state index contributed by atoms with van der Waals surface area (Å²) in [5, 5.41) is 2.46. The Bertz CT molecular complexity index is 1050. The molecule has 0 atom stereocenters. The van der Waals surface area contributed by atoms with E-state index < -0.39 is 40.2 Å². The van der Waals surface area contributed by atoms with Gasteiger partial charge in [0.2, 0.25) is 15.9 Å². The summed E-state index contributed by atoms with van der Waals surface area (Å²) in [6.45, 7) is -0.700. The zero-order chi connectivity index (χ0) is 23.2. The second-order valence-corrected chi connectivity index (χ2v) is 8.47. The van der Waals surface area contributed by atoms with E-state index in [2.05, 4.69) is 14.8 Å². The average Bonchev–Trinajstić information content (AvgIpc) is 2.72. The monoisotopic (exact) mass is 452 g/mol. The van der Waals surface area contributed by atoms with Crippen molar-refractivity contribution in [3.63, 3.8) is 0 Å². The van der Waals surface area contributed by atoms with Crippen molar-refractivity contribution >= 4 is 33.6 Å². The predicted octanol–water partition coefficient (Wildman–Crippen LogP) is 1.80. The van der Waals surface area contributed by atoms with E-state index in [0.29, 0.717) is 5.56 Å². The number of methoxy groups -OCH3 is 2. The number of rotatable bonds is 8. The third-order valence-corrected chi connectivity index (χ3v) is 5.32. The Morgan fingerprint density at radius 3 is 1.94 bits per heavy atom. The van der Waals surface area contributed by atoms with Crippen LogP contribution in [0.5, 0.6) is 0 Å². The third kappa shape index (κ3) is 6.86. The molecule has 11 heteroatoms. The van der Waals surface area contributed by atoms with E-state index in [-0.39, 0.29) is 23.4 Å². The highest BCUT2D eigenvalue weighted by Crippen LogP contribution is 2.18. The van der Waals surface area contributed by atoms with Crippen molar-refractivity contribution in [2.24, 2.45) is 0 Å². The first-order valence-electron chi connectivity index (χ1n) is 8.84. The molecule has 0 unspecified atom stereocenters. The second-order valence-electron chi connectivity index (χ2n) is 6.49. The Hall–Kier alpha value is -3.31. The molecule has 0 aliphatic rings. The van der Waals surface area contributed by atoms with E-state index in [0.717, 1.165) is 24.8 Å². The fraction of sp³-hybridized carbons (Fsp3) is 0.250. The molecule has 0 aromatic heterocycles. The van der Waals surface area contributed by atoms with Crippen molar-refractivity contribution in [2.45, 2.75) is 6.54 Å². The van der Waals surface area contributed by atoms with E-state index in [4.69, 9.17) is 0 Å². The molecule has 0 aliphatic heterocycles. The van der Waals surface area contributed by atoms with Crippen LogP contribution in [0.1, 0.15) is 26.3 Å². The summed E-state index contributed by atoms with van der Waals surface area (Å²) >= 11 is 0. The maximum Gasteiger partial charge on any atom is 0.337 e. The van der Waals surface area contributed by atoms with Crippen molar-refractivity contribution in [3.05, 3.63) is 65.0 Å². The predicted molar refractivity (Wildman–Crippen MR) is 109 cm³/mol. The summed E-state index contributed by atoms with van der Waals surface area (Å²) in [5.74, 6) is -2.67. The third-order valence-electron chi connectivity index (χ3n) is 4.12. The minimum Gasteiger partial charge on any atom is -0.465 e. The second kappa shape index (κ2) is 10.1. The zero-order valence-electron chi connectivity index (χ0n) is 17.0. The summed E-state index contributed by atoms with van der Waals surface area (Å²) in [5.41, 5.74) is 0.544. The van der Waals surface area contributed by atoms with Gasteiger partial charge in [-0.15, -0.1) is 0 Å². The number of hydrogen-bond acceptors (Lipinski definition) is 7. The molecule has 2 aromatic carbocycles. The van der Waals surface area contributed by atoms with Gasteiger partial charge >= 0.3 is 11.9 Å². The first-order chi connectivity index (χ1) is 14.5. The fourth-order valence-corrected chi connectivity index (χ4v) is 3.35. The SMILES string of the molecule is COC(=O)c1cc(NC(=O)CN(Cc2ccc(F)cc2)S(C)(=O)=O)cc(C(=O)OC)c1. The molecule has 166 valence electrons. The maximum atomic E-state index is 13.1. The van der Waals surface area contributed by atoms with Crippen LogP contribution in [0.2, 0.25) is 0 Å². The van der Waals surface area contributed by atoms with Gasteiger partial charge in [-0.2, -0.15) is 4.31 Å². The summed E-state index contributed by atoms with van der Waals surface area (Å²) in [6.07, 6.45) is 0.942. The number of amides is 1. The van der Waals surface area contributed by atoms with Crippen molar-refractivity contribution in [1.82, 2.24) is 4.31 Å². The molecule has 0 aliphatic carbocycles. The van der Waals surface area contributed by atoms with Gasteiger partial charge in [-0.05, 0) is 35.9 Å². The largest absolute Gasteiger partial charge is 0.465 e. The normalized spacial score (nSPS) is 11.1. The highest BCUT2D eigenvalue weighted by atomic mass is 32.2. The number of carbonyl (C=O) groups excluding carboxylic acids is 3. The Morgan fingerprint density at radius 2 is 1.48 bits per heavy atom. The van der Waals surface area contributed by atoms with Crippen LogP contribution in [0.25, 0.3) is 0 Å². The van der Waals surface area contributed by atoms with Gasteiger partial charge in [0.05, 0.1) is 38.1 Å². The Morgan fingerprint density at radius 1 is 0.968 bits per heavy atom. The lowest BCUT2D eigenvalue weighted by molar-refractivity contribution is -0.116. The molecule has 2 rings (SSSR count). The van der Waals surface area contributed by atoms with Crippen LogP contribution in [0.3, 0.4) is 0 Å². The summed E-state index contributed by atoms with van der Waals surface area (Å²) < 4.78 is 47.5. The molecule has 9 nitrogen and oxygen atoms in total. The standard InChI is InChI=1S/C20H21FN2O7S/c1-29-19(25)14-8-15(20(26)30-2)10-17(9-14)22-18(24)12-23(31(3,27)28)11-13-4-6-16(21)7-5-13/h4-10H,11-12H2,1-3H3,(H,22,24). The lowest BCUT2D eigenvalue weighted by Crippen LogP contribution is -2.37. The summed E-state index contributed by atoms with van der Waals surface area (Å²) in [6, 6.07) is 8.99. The fourth-order valence-electron chi connectivity index (χ4n) is 2.62. The van der Waals surface area contributed by atoms with Crippen LogP contribution in [0, 0.1) is 5.82 Å². The van der Waals surface area contributed by atoms with Gasteiger partial charge in [0.25, 0.3) is 0 Å². The summed E-state index contributed by atoms with van der Waals surface area (Å²) in [4.78, 5) is 36.2.